The average molecular weight is 181 g/mol. The van der Waals surface area contributed by atoms with Gasteiger partial charge in [0, 0.05) is 4.88 Å². The molecule has 2 nitrogen and oxygen atoms in total. The number of aryl methyl sites for hydroxylation is 1. The van der Waals surface area contributed by atoms with E-state index in [1.54, 1.807) is 0 Å². The second kappa shape index (κ2) is 4.24. The zero-order chi connectivity index (χ0) is 8.97. The van der Waals surface area contributed by atoms with Gasteiger partial charge in [-0.2, -0.15) is 5.26 Å². The number of aliphatic hydroxyl groups excluding tert-OH is 1. The summed E-state index contributed by atoms with van der Waals surface area (Å²) in [6.07, 6.45) is 0.513. The van der Waals surface area contributed by atoms with E-state index >= 15 is 0 Å². The molecule has 1 rings (SSSR count). The molecule has 1 atom stereocenters. The first kappa shape index (κ1) is 9.24. The molecule has 1 unspecified atom stereocenters. The van der Waals surface area contributed by atoms with Crippen LogP contribution in [0, 0.1) is 11.3 Å². The number of rotatable bonds is 3. The fraction of sp³-hybridized carbons (Fsp3) is 0.444. The van der Waals surface area contributed by atoms with E-state index in [0.717, 1.165) is 16.9 Å². The molecule has 1 aromatic rings. The molecule has 12 heavy (non-hydrogen) atoms. The fourth-order valence-corrected chi connectivity index (χ4v) is 2.09. The fourth-order valence-electron chi connectivity index (χ4n) is 1.11. The van der Waals surface area contributed by atoms with Crippen LogP contribution in [0.3, 0.4) is 0 Å². The van der Waals surface area contributed by atoms with Crippen molar-refractivity contribution in [3.8, 4) is 6.07 Å². The third-order valence-electron chi connectivity index (χ3n) is 1.75. The second-order valence-electron chi connectivity index (χ2n) is 2.54. The Bertz CT molecular complexity index is 287. The standard InChI is InChI=1S/C9H11NOS/c1-2-7-4-6-12-9(7)8(11)3-5-10/h4,6,8,11H,2-3H2,1H3. The summed E-state index contributed by atoms with van der Waals surface area (Å²) in [6, 6.07) is 3.96. The van der Waals surface area contributed by atoms with E-state index < -0.39 is 6.10 Å². The van der Waals surface area contributed by atoms with E-state index in [2.05, 4.69) is 0 Å². The lowest BCUT2D eigenvalue weighted by atomic mass is 10.1. The molecular formula is C9H11NOS. The number of hydrogen-bond acceptors (Lipinski definition) is 3. The predicted octanol–water partition coefficient (Wildman–Crippen LogP) is 2.26. The van der Waals surface area contributed by atoms with Crippen LogP contribution in [0.2, 0.25) is 0 Å². The van der Waals surface area contributed by atoms with Gasteiger partial charge in [-0.1, -0.05) is 6.92 Å². The quantitative estimate of drug-likeness (QED) is 0.777. The third kappa shape index (κ3) is 1.84. The zero-order valence-electron chi connectivity index (χ0n) is 6.95. The monoisotopic (exact) mass is 181 g/mol. The van der Waals surface area contributed by atoms with Crippen LogP contribution in [0.4, 0.5) is 0 Å². The minimum Gasteiger partial charge on any atom is -0.386 e. The molecule has 3 heteroatoms. The normalized spacial score (nSPS) is 12.4. The SMILES string of the molecule is CCc1ccsc1C(O)CC#N. The highest BCUT2D eigenvalue weighted by atomic mass is 32.1. The van der Waals surface area contributed by atoms with E-state index in [1.807, 2.05) is 24.4 Å². The molecule has 0 bridgehead atoms. The Morgan fingerprint density at radius 1 is 1.75 bits per heavy atom. The molecule has 64 valence electrons. The Labute approximate surface area is 76.1 Å². The van der Waals surface area contributed by atoms with Crippen LogP contribution in [0.15, 0.2) is 11.4 Å². The highest BCUT2D eigenvalue weighted by Crippen LogP contribution is 2.26. The van der Waals surface area contributed by atoms with Crippen LogP contribution < -0.4 is 0 Å². The molecule has 1 heterocycles. The minimum absolute atomic E-state index is 0.188. The summed E-state index contributed by atoms with van der Waals surface area (Å²) in [5, 5.41) is 19.9. The molecule has 0 saturated carbocycles. The Morgan fingerprint density at radius 3 is 3.08 bits per heavy atom. The van der Waals surface area contributed by atoms with Crippen molar-refractivity contribution in [1.29, 1.82) is 5.26 Å². The summed E-state index contributed by atoms with van der Waals surface area (Å²) < 4.78 is 0. The molecule has 0 spiro atoms. The van der Waals surface area contributed by atoms with Crippen molar-refractivity contribution < 1.29 is 5.11 Å². The summed E-state index contributed by atoms with van der Waals surface area (Å²) >= 11 is 1.52. The molecule has 1 N–H and O–H groups in total. The molecule has 0 aromatic carbocycles. The topological polar surface area (TPSA) is 44.0 Å². The molecule has 0 radical (unpaired) electrons. The maximum Gasteiger partial charge on any atom is 0.101 e. The Kier molecular flexibility index (Phi) is 3.27. The Hall–Kier alpha value is -0.850. The Balaban J connectivity index is 2.80. The van der Waals surface area contributed by atoms with Gasteiger partial charge < -0.3 is 5.11 Å². The van der Waals surface area contributed by atoms with Crippen LogP contribution in [0.25, 0.3) is 0 Å². The predicted molar refractivity (Wildman–Crippen MR) is 48.9 cm³/mol. The first-order valence-electron chi connectivity index (χ1n) is 3.90. The van der Waals surface area contributed by atoms with Crippen molar-refractivity contribution in [2.45, 2.75) is 25.9 Å². The van der Waals surface area contributed by atoms with Crippen molar-refractivity contribution in [3.05, 3.63) is 21.9 Å². The summed E-state index contributed by atoms with van der Waals surface area (Å²) in [5.74, 6) is 0. The van der Waals surface area contributed by atoms with Gasteiger partial charge in [0.1, 0.15) is 6.10 Å². The van der Waals surface area contributed by atoms with Gasteiger partial charge in [-0.25, -0.2) is 0 Å². The molecule has 0 aliphatic rings. The molecule has 0 aliphatic heterocycles. The maximum atomic E-state index is 9.51. The van der Waals surface area contributed by atoms with Gasteiger partial charge in [0.25, 0.3) is 0 Å². The van der Waals surface area contributed by atoms with Crippen LogP contribution >= 0.6 is 11.3 Å². The van der Waals surface area contributed by atoms with E-state index in [-0.39, 0.29) is 6.42 Å². The van der Waals surface area contributed by atoms with Crippen LogP contribution in [0.1, 0.15) is 29.9 Å². The highest BCUT2D eigenvalue weighted by Gasteiger charge is 2.11. The number of nitriles is 1. The van der Waals surface area contributed by atoms with Crippen LogP contribution in [-0.2, 0) is 6.42 Å². The third-order valence-corrected chi connectivity index (χ3v) is 2.81. The smallest absolute Gasteiger partial charge is 0.101 e. The van der Waals surface area contributed by atoms with Crippen molar-refractivity contribution in [1.82, 2.24) is 0 Å². The number of hydrogen-bond donors (Lipinski definition) is 1. The van der Waals surface area contributed by atoms with E-state index in [9.17, 15) is 5.11 Å². The molecule has 0 fully saturated rings. The summed E-state index contributed by atoms with van der Waals surface area (Å²) in [7, 11) is 0. The van der Waals surface area contributed by atoms with Gasteiger partial charge in [-0.05, 0) is 23.4 Å². The van der Waals surface area contributed by atoms with Crippen LogP contribution in [0.5, 0.6) is 0 Å². The van der Waals surface area contributed by atoms with Gasteiger partial charge in [0.2, 0.25) is 0 Å². The number of aliphatic hydroxyl groups is 1. The lowest BCUT2D eigenvalue weighted by Crippen LogP contribution is -1.95. The first-order valence-corrected chi connectivity index (χ1v) is 4.78. The molecule has 1 aromatic heterocycles. The number of thiophene rings is 1. The second-order valence-corrected chi connectivity index (χ2v) is 3.49. The zero-order valence-corrected chi connectivity index (χ0v) is 7.77. The summed E-state index contributed by atoms with van der Waals surface area (Å²) in [5.41, 5.74) is 1.16. The van der Waals surface area contributed by atoms with Crippen molar-refractivity contribution in [2.75, 3.05) is 0 Å². The minimum atomic E-state index is -0.593. The van der Waals surface area contributed by atoms with Crippen molar-refractivity contribution >= 4 is 11.3 Å². The lowest BCUT2D eigenvalue weighted by Gasteiger charge is -2.05. The van der Waals surface area contributed by atoms with Crippen LogP contribution in [-0.4, -0.2) is 5.11 Å². The van der Waals surface area contributed by atoms with Gasteiger partial charge in [0.15, 0.2) is 0 Å². The van der Waals surface area contributed by atoms with E-state index in [0.29, 0.717) is 0 Å². The Morgan fingerprint density at radius 2 is 2.50 bits per heavy atom. The van der Waals surface area contributed by atoms with Crippen molar-refractivity contribution in [2.24, 2.45) is 0 Å². The number of nitrogens with zero attached hydrogens (tertiary/aromatic N) is 1. The van der Waals surface area contributed by atoms with Gasteiger partial charge in [-0.3, -0.25) is 0 Å². The maximum absolute atomic E-state index is 9.51. The molecule has 0 aliphatic carbocycles. The largest absolute Gasteiger partial charge is 0.386 e. The molecule has 0 saturated heterocycles. The van der Waals surface area contributed by atoms with E-state index in [1.165, 1.54) is 11.3 Å². The lowest BCUT2D eigenvalue weighted by molar-refractivity contribution is 0.186. The van der Waals surface area contributed by atoms with Gasteiger partial charge in [0.05, 0.1) is 12.5 Å². The highest BCUT2D eigenvalue weighted by molar-refractivity contribution is 7.10. The van der Waals surface area contributed by atoms with Gasteiger partial charge in [-0.15, -0.1) is 11.3 Å². The average Bonchev–Trinajstić information content (AvgIpc) is 2.51. The molecular weight excluding hydrogens is 170 g/mol. The first-order chi connectivity index (χ1) is 5.79. The summed E-state index contributed by atoms with van der Waals surface area (Å²) in [6.45, 7) is 2.05. The summed E-state index contributed by atoms with van der Waals surface area (Å²) in [4.78, 5) is 0.944. The van der Waals surface area contributed by atoms with Gasteiger partial charge >= 0.3 is 0 Å². The molecule has 0 amide bonds. The van der Waals surface area contributed by atoms with Crippen molar-refractivity contribution in [3.63, 3.8) is 0 Å². The van der Waals surface area contributed by atoms with E-state index in [4.69, 9.17) is 5.26 Å².